The van der Waals surface area contributed by atoms with Crippen LogP contribution >= 0.6 is 0 Å². The highest BCUT2D eigenvalue weighted by molar-refractivity contribution is 5.76. The van der Waals surface area contributed by atoms with Crippen LogP contribution in [-0.2, 0) is 16.0 Å². The third kappa shape index (κ3) is 6.39. The molecule has 8 nitrogen and oxygen atoms in total. The number of nitrogens with one attached hydrogen (secondary N) is 2. The molecule has 2 aromatic rings. The molecule has 3 rings (SSSR count). The molecule has 1 atom stereocenters. The number of aromatic nitrogens is 3. The second kappa shape index (κ2) is 10.7. The summed E-state index contributed by atoms with van der Waals surface area (Å²) in [5.74, 6) is 1.05. The average molecular weight is 400 g/mol. The van der Waals surface area contributed by atoms with Crippen molar-refractivity contribution in [2.45, 2.75) is 51.6 Å². The number of H-pyrrole nitrogens is 1. The molecule has 29 heavy (non-hydrogen) atoms. The van der Waals surface area contributed by atoms with Crippen LogP contribution in [0.3, 0.4) is 0 Å². The smallest absolute Gasteiger partial charge is 0.273 e. The number of amides is 1. The number of aromatic amines is 1. The molecule has 0 spiro atoms. The SMILES string of the molecule is CCCCOc1ccc(-c2nnc(CCC(=O)NCC3CCCO3)c(=O)[nH]2)cc1. The quantitative estimate of drug-likeness (QED) is 0.593. The minimum Gasteiger partial charge on any atom is -0.494 e. The molecule has 1 unspecified atom stereocenters. The maximum atomic E-state index is 12.3. The summed E-state index contributed by atoms with van der Waals surface area (Å²) >= 11 is 0. The zero-order valence-corrected chi connectivity index (χ0v) is 16.8. The summed E-state index contributed by atoms with van der Waals surface area (Å²) in [6, 6.07) is 7.35. The Balaban J connectivity index is 1.51. The summed E-state index contributed by atoms with van der Waals surface area (Å²) in [6.07, 6.45) is 4.62. The Morgan fingerprint density at radius 1 is 1.31 bits per heavy atom. The van der Waals surface area contributed by atoms with Crippen LogP contribution in [0.1, 0.15) is 44.7 Å². The Labute approximate surface area is 170 Å². The summed E-state index contributed by atoms with van der Waals surface area (Å²) in [5.41, 5.74) is 0.670. The van der Waals surface area contributed by atoms with Gasteiger partial charge in [-0.05, 0) is 43.5 Å². The number of nitrogens with zero attached hydrogens (tertiary/aromatic N) is 2. The van der Waals surface area contributed by atoms with Crippen molar-refractivity contribution >= 4 is 5.91 Å². The molecule has 0 bridgehead atoms. The molecular weight excluding hydrogens is 372 g/mol. The summed E-state index contributed by atoms with van der Waals surface area (Å²) in [7, 11) is 0. The lowest BCUT2D eigenvalue weighted by Gasteiger charge is -2.10. The monoisotopic (exact) mass is 400 g/mol. The molecule has 2 heterocycles. The number of aryl methyl sites for hydroxylation is 1. The predicted molar refractivity (Wildman–Crippen MR) is 109 cm³/mol. The lowest BCUT2D eigenvalue weighted by Crippen LogP contribution is -2.32. The van der Waals surface area contributed by atoms with Crippen molar-refractivity contribution < 1.29 is 14.3 Å². The van der Waals surface area contributed by atoms with Gasteiger partial charge in [-0.15, -0.1) is 10.2 Å². The maximum absolute atomic E-state index is 12.3. The van der Waals surface area contributed by atoms with Gasteiger partial charge in [0.2, 0.25) is 5.91 Å². The molecule has 1 aromatic carbocycles. The first-order valence-corrected chi connectivity index (χ1v) is 10.2. The van der Waals surface area contributed by atoms with Crippen LogP contribution in [0, 0.1) is 0 Å². The highest BCUT2D eigenvalue weighted by atomic mass is 16.5. The Morgan fingerprint density at radius 3 is 2.83 bits per heavy atom. The second-order valence-corrected chi connectivity index (χ2v) is 7.11. The number of ether oxygens (including phenoxy) is 2. The molecule has 1 aliphatic heterocycles. The van der Waals surface area contributed by atoms with E-state index < -0.39 is 0 Å². The molecule has 156 valence electrons. The second-order valence-electron chi connectivity index (χ2n) is 7.11. The summed E-state index contributed by atoms with van der Waals surface area (Å²) in [4.78, 5) is 27.0. The molecule has 1 aliphatic rings. The first-order chi connectivity index (χ1) is 14.2. The van der Waals surface area contributed by atoms with Gasteiger partial charge in [0.15, 0.2) is 5.82 Å². The van der Waals surface area contributed by atoms with Crippen LogP contribution in [0.4, 0.5) is 0 Å². The van der Waals surface area contributed by atoms with Crippen LogP contribution < -0.4 is 15.6 Å². The van der Waals surface area contributed by atoms with Crippen molar-refractivity contribution in [3.63, 3.8) is 0 Å². The first-order valence-electron chi connectivity index (χ1n) is 10.2. The van der Waals surface area contributed by atoms with E-state index in [1.54, 1.807) is 0 Å². The van der Waals surface area contributed by atoms with Crippen molar-refractivity contribution in [3.05, 3.63) is 40.3 Å². The Hall–Kier alpha value is -2.74. The summed E-state index contributed by atoms with van der Waals surface area (Å²) in [6.45, 7) is 4.07. The van der Waals surface area contributed by atoms with Gasteiger partial charge in [-0.1, -0.05) is 13.3 Å². The molecule has 2 N–H and O–H groups in total. The first kappa shape index (κ1) is 21.0. The van der Waals surface area contributed by atoms with Crippen LogP contribution in [0.15, 0.2) is 29.1 Å². The normalized spacial score (nSPS) is 16.0. The largest absolute Gasteiger partial charge is 0.494 e. The van der Waals surface area contributed by atoms with Crippen molar-refractivity contribution in [1.29, 1.82) is 0 Å². The van der Waals surface area contributed by atoms with Crippen LogP contribution in [0.25, 0.3) is 11.4 Å². The van der Waals surface area contributed by atoms with Crippen LogP contribution in [0.5, 0.6) is 5.75 Å². The van der Waals surface area contributed by atoms with E-state index in [-0.39, 0.29) is 36.1 Å². The third-order valence-corrected chi connectivity index (χ3v) is 4.80. The van der Waals surface area contributed by atoms with E-state index in [2.05, 4.69) is 27.4 Å². The molecular formula is C21H28N4O4. The van der Waals surface area contributed by atoms with Gasteiger partial charge < -0.3 is 19.8 Å². The van der Waals surface area contributed by atoms with E-state index in [4.69, 9.17) is 9.47 Å². The number of hydrogen-bond donors (Lipinski definition) is 2. The van der Waals surface area contributed by atoms with E-state index in [9.17, 15) is 9.59 Å². The number of carbonyl (C=O) groups excluding carboxylic acids is 1. The number of unbranched alkanes of at least 4 members (excludes halogenated alkanes) is 1. The van der Waals surface area contributed by atoms with Crippen molar-refractivity contribution in [2.24, 2.45) is 0 Å². The lowest BCUT2D eigenvalue weighted by atomic mass is 10.2. The fourth-order valence-electron chi connectivity index (χ4n) is 3.05. The van der Waals surface area contributed by atoms with E-state index in [1.807, 2.05) is 24.3 Å². The molecule has 1 amide bonds. The maximum Gasteiger partial charge on any atom is 0.273 e. The number of rotatable bonds is 10. The zero-order chi connectivity index (χ0) is 20.5. The van der Waals surface area contributed by atoms with E-state index >= 15 is 0 Å². The molecule has 1 saturated heterocycles. The van der Waals surface area contributed by atoms with Gasteiger partial charge in [-0.25, -0.2) is 0 Å². The zero-order valence-electron chi connectivity index (χ0n) is 16.8. The van der Waals surface area contributed by atoms with Crippen LogP contribution in [-0.4, -0.2) is 47.0 Å². The minimum atomic E-state index is -0.329. The standard InChI is InChI=1S/C21H28N4O4/c1-2-3-12-28-16-8-6-15(7-9-16)20-23-21(27)18(24-25-20)10-11-19(26)22-14-17-5-4-13-29-17/h6-9,17H,2-5,10-14H2,1H3,(H,22,26)(H,23,25,27). The highest BCUT2D eigenvalue weighted by Crippen LogP contribution is 2.18. The Kier molecular flexibility index (Phi) is 7.75. The highest BCUT2D eigenvalue weighted by Gasteiger charge is 2.16. The van der Waals surface area contributed by atoms with Gasteiger partial charge in [0.25, 0.3) is 5.56 Å². The van der Waals surface area contributed by atoms with Gasteiger partial charge in [0.1, 0.15) is 11.4 Å². The molecule has 0 aliphatic carbocycles. The molecule has 0 saturated carbocycles. The van der Waals surface area contributed by atoms with Gasteiger partial charge in [-0.2, -0.15) is 0 Å². The topological polar surface area (TPSA) is 106 Å². The fraction of sp³-hybridized carbons (Fsp3) is 0.524. The molecule has 1 fully saturated rings. The predicted octanol–water partition coefficient (Wildman–Crippen LogP) is 2.24. The van der Waals surface area contributed by atoms with Gasteiger partial charge >= 0.3 is 0 Å². The van der Waals surface area contributed by atoms with Gasteiger partial charge in [-0.3, -0.25) is 9.59 Å². The van der Waals surface area contributed by atoms with Crippen molar-refractivity contribution in [3.8, 4) is 17.1 Å². The average Bonchev–Trinajstić information content (AvgIpc) is 3.26. The molecule has 0 radical (unpaired) electrons. The van der Waals surface area contributed by atoms with E-state index in [0.717, 1.165) is 43.6 Å². The minimum absolute atomic E-state index is 0.102. The Bertz CT molecular complexity index is 845. The fourth-order valence-corrected chi connectivity index (χ4v) is 3.05. The number of carbonyl (C=O) groups is 1. The van der Waals surface area contributed by atoms with Crippen LogP contribution in [0.2, 0.25) is 0 Å². The molecule has 8 heteroatoms. The lowest BCUT2D eigenvalue weighted by molar-refractivity contribution is -0.121. The number of hydrogen-bond acceptors (Lipinski definition) is 6. The van der Waals surface area contributed by atoms with Crippen molar-refractivity contribution in [2.75, 3.05) is 19.8 Å². The van der Waals surface area contributed by atoms with Gasteiger partial charge in [0, 0.05) is 31.6 Å². The summed E-state index contributed by atoms with van der Waals surface area (Å²) < 4.78 is 11.1. The van der Waals surface area contributed by atoms with Crippen molar-refractivity contribution in [1.82, 2.24) is 20.5 Å². The Morgan fingerprint density at radius 2 is 2.14 bits per heavy atom. The van der Waals surface area contributed by atoms with E-state index in [1.165, 1.54) is 0 Å². The molecule has 1 aromatic heterocycles. The third-order valence-electron chi connectivity index (χ3n) is 4.80. The van der Waals surface area contributed by atoms with Gasteiger partial charge in [0.05, 0.1) is 12.7 Å². The van der Waals surface area contributed by atoms with E-state index in [0.29, 0.717) is 19.0 Å². The summed E-state index contributed by atoms with van der Waals surface area (Å²) in [5, 5.41) is 11.0. The number of benzene rings is 1.